The molecule has 0 aliphatic carbocycles. The van der Waals surface area contributed by atoms with Gasteiger partial charge in [-0.25, -0.2) is 4.39 Å². The first kappa shape index (κ1) is 12.0. The molecule has 0 aromatic heterocycles. The number of primary amides is 1. The van der Waals surface area contributed by atoms with Gasteiger partial charge in [0.1, 0.15) is 5.82 Å². The Bertz CT molecular complexity index is 573. The van der Waals surface area contributed by atoms with Gasteiger partial charge in [-0.2, -0.15) is 0 Å². The lowest BCUT2D eigenvalue weighted by atomic mass is 10.0. The van der Waals surface area contributed by atoms with Crippen molar-refractivity contribution in [3.63, 3.8) is 0 Å². The van der Waals surface area contributed by atoms with Crippen LogP contribution in [-0.2, 0) is 4.79 Å². The van der Waals surface area contributed by atoms with Crippen LogP contribution in [-0.4, -0.2) is 5.91 Å². The average molecular weight is 241 g/mol. The maximum absolute atomic E-state index is 12.8. The number of hydrogen-bond acceptors (Lipinski definition) is 1. The summed E-state index contributed by atoms with van der Waals surface area (Å²) >= 11 is 0. The van der Waals surface area contributed by atoms with E-state index < -0.39 is 5.91 Å². The van der Waals surface area contributed by atoms with Gasteiger partial charge in [0.05, 0.1) is 0 Å². The molecule has 0 heterocycles. The van der Waals surface area contributed by atoms with Crippen molar-refractivity contribution in [1.29, 1.82) is 0 Å². The van der Waals surface area contributed by atoms with Gasteiger partial charge in [-0.05, 0) is 29.3 Å². The quantitative estimate of drug-likeness (QED) is 0.651. The highest BCUT2D eigenvalue weighted by Gasteiger charge is 2.07. The van der Waals surface area contributed by atoms with Gasteiger partial charge in [-0.15, -0.1) is 0 Å². The highest BCUT2D eigenvalue weighted by Crippen LogP contribution is 2.17. The SMILES string of the molecule is NC(=O)/C(=C/c1ccc(F)cc1)c1ccccc1. The van der Waals surface area contributed by atoms with Crippen LogP contribution in [0.2, 0.25) is 0 Å². The Balaban J connectivity index is 2.43. The van der Waals surface area contributed by atoms with Gasteiger partial charge in [-0.3, -0.25) is 4.79 Å². The number of carbonyl (C=O) groups is 1. The molecule has 0 aliphatic heterocycles. The Morgan fingerprint density at radius 2 is 1.61 bits per heavy atom. The molecule has 0 fully saturated rings. The van der Waals surface area contributed by atoms with Crippen molar-refractivity contribution in [2.75, 3.05) is 0 Å². The Morgan fingerprint density at radius 1 is 1.00 bits per heavy atom. The normalized spacial score (nSPS) is 11.3. The first-order chi connectivity index (χ1) is 8.66. The molecule has 2 N–H and O–H groups in total. The third-order valence-electron chi connectivity index (χ3n) is 2.53. The van der Waals surface area contributed by atoms with Crippen molar-refractivity contribution in [2.24, 2.45) is 5.73 Å². The van der Waals surface area contributed by atoms with Crippen LogP contribution >= 0.6 is 0 Å². The minimum Gasteiger partial charge on any atom is -0.366 e. The molecule has 0 spiro atoms. The van der Waals surface area contributed by atoms with Crippen molar-refractivity contribution in [3.05, 3.63) is 71.5 Å². The molecule has 3 heteroatoms. The van der Waals surface area contributed by atoms with Crippen molar-refractivity contribution < 1.29 is 9.18 Å². The number of nitrogens with two attached hydrogens (primary N) is 1. The summed E-state index contributed by atoms with van der Waals surface area (Å²) in [5, 5.41) is 0. The molecule has 0 aliphatic rings. The van der Waals surface area contributed by atoms with Crippen molar-refractivity contribution in [2.45, 2.75) is 0 Å². The van der Waals surface area contributed by atoms with Gasteiger partial charge in [0.2, 0.25) is 5.91 Å². The first-order valence-electron chi connectivity index (χ1n) is 5.49. The van der Waals surface area contributed by atoms with E-state index in [4.69, 9.17) is 5.73 Å². The van der Waals surface area contributed by atoms with E-state index in [9.17, 15) is 9.18 Å². The third-order valence-corrected chi connectivity index (χ3v) is 2.53. The predicted octanol–water partition coefficient (Wildman–Crippen LogP) is 2.85. The van der Waals surface area contributed by atoms with Crippen LogP contribution in [0.3, 0.4) is 0 Å². The Labute approximate surface area is 105 Å². The zero-order valence-corrected chi connectivity index (χ0v) is 9.64. The first-order valence-corrected chi connectivity index (χ1v) is 5.49. The summed E-state index contributed by atoms with van der Waals surface area (Å²) in [7, 11) is 0. The summed E-state index contributed by atoms with van der Waals surface area (Å²) in [6, 6.07) is 15.0. The van der Waals surface area contributed by atoms with Crippen LogP contribution in [0, 0.1) is 5.82 Å². The minimum atomic E-state index is -0.509. The molecule has 2 aromatic carbocycles. The molecular weight excluding hydrogens is 229 g/mol. The van der Waals surface area contributed by atoms with Gasteiger partial charge in [0.15, 0.2) is 0 Å². The molecule has 0 radical (unpaired) electrons. The van der Waals surface area contributed by atoms with E-state index in [-0.39, 0.29) is 5.82 Å². The van der Waals surface area contributed by atoms with Crippen LogP contribution in [0.1, 0.15) is 11.1 Å². The Hall–Kier alpha value is -2.42. The summed E-state index contributed by atoms with van der Waals surface area (Å²) in [6.07, 6.45) is 1.65. The number of carbonyl (C=O) groups excluding carboxylic acids is 1. The minimum absolute atomic E-state index is 0.313. The summed E-state index contributed by atoms with van der Waals surface area (Å²) < 4.78 is 12.8. The zero-order valence-electron chi connectivity index (χ0n) is 9.64. The van der Waals surface area contributed by atoms with E-state index in [1.165, 1.54) is 12.1 Å². The van der Waals surface area contributed by atoms with Crippen LogP contribution < -0.4 is 5.73 Å². The van der Waals surface area contributed by atoms with E-state index >= 15 is 0 Å². The summed E-state index contributed by atoms with van der Waals surface area (Å²) in [4.78, 5) is 11.5. The molecule has 0 bridgehead atoms. The molecule has 0 saturated heterocycles. The largest absolute Gasteiger partial charge is 0.366 e. The molecule has 2 rings (SSSR count). The summed E-state index contributed by atoms with van der Waals surface area (Å²) in [6.45, 7) is 0. The smallest absolute Gasteiger partial charge is 0.249 e. The fourth-order valence-corrected chi connectivity index (χ4v) is 1.64. The topological polar surface area (TPSA) is 43.1 Å². The van der Waals surface area contributed by atoms with Crippen molar-refractivity contribution >= 4 is 17.6 Å². The molecular formula is C15H12FNO. The second-order valence-electron chi connectivity index (χ2n) is 3.84. The van der Waals surface area contributed by atoms with Crippen LogP contribution in [0.4, 0.5) is 4.39 Å². The number of hydrogen-bond donors (Lipinski definition) is 1. The zero-order chi connectivity index (χ0) is 13.0. The summed E-state index contributed by atoms with van der Waals surface area (Å²) in [5.74, 6) is -0.821. The lowest BCUT2D eigenvalue weighted by Crippen LogP contribution is -2.12. The standard InChI is InChI=1S/C15H12FNO/c16-13-8-6-11(7-9-13)10-14(15(17)18)12-4-2-1-3-5-12/h1-10H,(H2,17,18)/b14-10+. The van der Waals surface area contributed by atoms with Gasteiger partial charge in [0, 0.05) is 5.57 Å². The highest BCUT2D eigenvalue weighted by atomic mass is 19.1. The molecule has 0 atom stereocenters. The van der Waals surface area contributed by atoms with Gasteiger partial charge < -0.3 is 5.73 Å². The molecule has 0 saturated carbocycles. The van der Waals surface area contributed by atoms with E-state index in [0.29, 0.717) is 5.57 Å². The van der Waals surface area contributed by atoms with E-state index in [1.807, 2.05) is 18.2 Å². The van der Waals surface area contributed by atoms with Gasteiger partial charge in [-0.1, -0.05) is 42.5 Å². The molecule has 90 valence electrons. The second-order valence-corrected chi connectivity index (χ2v) is 3.84. The number of benzene rings is 2. The van der Waals surface area contributed by atoms with Crippen molar-refractivity contribution in [3.8, 4) is 0 Å². The lowest BCUT2D eigenvalue weighted by Gasteiger charge is -2.03. The fraction of sp³-hybridized carbons (Fsp3) is 0. The number of halogens is 1. The number of rotatable bonds is 3. The monoisotopic (exact) mass is 241 g/mol. The van der Waals surface area contributed by atoms with E-state index in [0.717, 1.165) is 11.1 Å². The predicted molar refractivity (Wildman–Crippen MR) is 69.9 cm³/mol. The third kappa shape index (κ3) is 2.83. The van der Waals surface area contributed by atoms with Crippen molar-refractivity contribution in [1.82, 2.24) is 0 Å². The molecule has 1 amide bonds. The molecule has 18 heavy (non-hydrogen) atoms. The fourth-order valence-electron chi connectivity index (χ4n) is 1.64. The molecule has 0 unspecified atom stereocenters. The van der Waals surface area contributed by atoms with Crippen LogP contribution in [0.25, 0.3) is 11.6 Å². The molecule has 2 nitrogen and oxygen atoms in total. The maximum Gasteiger partial charge on any atom is 0.249 e. The Kier molecular flexibility index (Phi) is 3.53. The van der Waals surface area contributed by atoms with Gasteiger partial charge >= 0.3 is 0 Å². The lowest BCUT2D eigenvalue weighted by molar-refractivity contribution is -0.112. The number of amides is 1. The second kappa shape index (κ2) is 5.27. The van der Waals surface area contributed by atoms with Crippen LogP contribution in [0.15, 0.2) is 54.6 Å². The van der Waals surface area contributed by atoms with E-state index in [1.54, 1.807) is 30.3 Å². The average Bonchev–Trinajstić information content (AvgIpc) is 2.38. The molecule has 2 aromatic rings. The highest BCUT2D eigenvalue weighted by molar-refractivity contribution is 6.23. The van der Waals surface area contributed by atoms with E-state index in [2.05, 4.69) is 0 Å². The Morgan fingerprint density at radius 3 is 2.17 bits per heavy atom. The van der Waals surface area contributed by atoms with Gasteiger partial charge in [0.25, 0.3) is 0 Å². The summed E-state index contributed by atoms with van der Waals surface area (Å²) in [5.41, 5.74) is 7.25. The van der Waals surface area contributed by atoms with Crippen LogP contribution in [0.5, 0.6) is 0 Å². The maximum atomic E-state index is 12.8.